The highest BCUT2D eigenvalue weighted by Gasteiger charge is 2.33. The minimum Gasteiger partial charge on any atom is -0.399 e. The predicted molar refractivity (Wildman–Crippen MR) is 63.8 cm³/mol. The maximum atomic E-state index is 12.9. The third kappa shape index (κ3) is 2.45. The van der Waals surface area contributed by atoms with Crippen LogP contribution in [0.3, 0.4) is 0 Å². The molecule has 1 aromatic heterocycles. The number of benzene rings is 1. The number of nitrogen functional groups attached to an aromatic ring is 1. The van der Waals surface area contributed by atoms with E-state index >= 15 is 0 Å². The van der Waals surface area contributed by atoms with Crippen LogP contribution in [0.15, 0.2) is 36.7 Å². The molecule has 0 spiro atoms. The monoisotopic (exact) mass is 252 g/mol. The third-order valence-electron chi connectivity index (χ3n) is 2.53. The maximum absolute atomic E-state index is 12.9. The Morgan fingerprint density at radius 3 is 2.44 bits per heavy atom. The molecule has 0 aliphatic carbocycles. The van der Waals surface area contributed by atoms with Gasteiger partial charge in [0.25, 0.3) is 0 Å². The summed E-state index contributed by atoms with van der Waals surface area (Å²) in [5.74, 6) is 0. The number of aryl methyl sites for hydroxylation is 1. The fourth-order valence-corrected chi connectivity index (χ4v) is 1.75. The fraction of sp³-hybridized carbons (Fsp3) is 0.154. The first-order valence-electron chi connectivity index (χ1n) is 5.26. The Labute approximate surface area is 102 Å². The van der Waals surface area contributed by atoms with Gasteiger partial charge in [-0.2, -0.15) is 13.2 Å². The molecule has 0 saturated carbocycles. The first-order valence-corrected chi connectivity index (χ1v) is 5.26. The van der Waals surface area contributed by atoms with E-state index in [0.29, 0.717) is 5.56 Å². The lowest BCUT2D eigenvalue weighted by Crippen LogP contribution is -2.08. The number of halogens is 3. The highest BCUT2D eigenvalue weighted by Crippen LogP contribution is 2.38. The maximum Gasteiger partial charge on any atom is 0.417 e. The molecule has 2 nitrogen and oxygen atoms in total. The van der Waals surface area contributed by atoms with Gasteiger partial charge in [0.05, 0.1) is 5.56 Å². The second-order valence-electron chi connectivity index (χ2n) is 4.05. The molecule has 0 fully saturated rings. The van der Waals surface area contributed by atoms with E-state index in [2.05, 4.69) is 4.98 Å². The van der Waals surface area contributed by atoms with Gasteiger partial charge in [0.2, 0.25) is 0 Å². The van der Waals surface area contributed by atoms with E-state index in [1.54, 1.807) is 19.2 Å². The molecule has 0 saturated heterocycles. The van der Waals surface area contributed by atoms with Gasteiger partial charge in [-0.1, -0.05) is 6.07 Å². The zero-order valence-electron chi connectivity index (χ0n) is 9.62. The van der Waals surface area contributed by atoms with Crippen LogP contribution in [-0.2, 0) is 6.18 Å². The van der Waals surface area contributed by atoms with Gasteiger partial charge in [-0.15, -0.1) is 0 Å². The van der Waals surface area contributed by atoms with Gasteiger partial charge in [-0.25, -0.2) is 0 Å². The number of rotatable bonds is 1. The largest absolute Gasteiger partial charge is 0.417 e. The van der Waals surface area contributed by atoms with Crippen molar-refractivity contribution in [1.82, 2.24) is 4.98 Å². The van der Waals surface area contributed by atoms with Crippen molar-refractivity contribution in [2.75, 3.05) is 5.73 Å². The molecule has 5 heteroatoms. The number of hydrogen-bond acceptors (Lipinski definition) is 2. The molecular weight excluding hydrogens is 241 g/mol. The number of hydrogen-bond donors (Lipinski definition) is 1. The molecule has 94 valence electrons. The molecule has 1 heterocycles. The Hall–Kier alpha value is -2.04. The van der Waals surface area contributed by atoms with Crippen molar-refractivity contribution in [1.29, 1.82) is 0 Å². The van der Waals surface area contributed by atoms with Crippen LogP contribution in [0, 0.1) is 6.92 Å². The molecule has 2 rings (SSSR count). The van der Waals surface area contributed by atoms with E-state index in [1.807, 2.05) is 0 Å². The van der Waals surface area contributed by atoms with Gasteiger partial charge in [0.15, 0.2) is 0 Å². The van der Waals surface area contributed by atoms with Gasteiger partial charge in [0.1, 0.15) is 0 Å². The van der Waals surface area contributed by atoms with Crippen molar-refractivity contribution in [3.8, 4) is 11.1 Å². The van der Waals surface area contributed by atoms with Crippen LogP contribution in [0.5, 0.6) is 0 Å². The lowest BCUT2D eigenvalue weighted by atomic mass is 9.99. The molecule has 2 N–H and O–H groups in total. The van der Waals surface area contributed by atoms with Crippen LogP contribution < -0.4 is 5.73 Å². The summed E-state index contributed by atoms with van der Waals surface area (Å²) < 4.78 is 38.8. The molecule has 0 radical (unpaired) electrons. The van der Waals surface area contributed by atoms with Crippen LogP contribution in [0.25, 0.3) is 11.1 Å². The summed E-state index contributed by atoms with van der Waals surface area (Å²) in [6.45, 7) is 1.78. The minimum atomic E-state index is -4.44. The predicted octanol–water partition coefficient (Wildman–Crippen LogP) is 3.66. The average molecular weight is 252 g/mol. The summed E-state index contributed by atoms with van der Waals surface area (Å²) in [5.41, 5.74) is 6.09. The Bertz CT molecular complexity index is 577. The summed E-state index contributed by atoms with van der Waals surface area (Å²) in [6.07, 6.45) is -1.43. The SMILES string of the molecule is Cc1cncc(-c2ccc(N)cc2C(F)(F)F)c1. The third-order valence-corrected chi connectivity index (χ3v) is 2.53. The van der Waals surface area contributed by atoms with Crippen molar-refractivity contribution < 1.29 is 13.2 Å². The van der Waals surface area contributed by atoms with Crippen molar-refractivity contribution in [3.63, 3.8) is 0 Å². The Kier molecular flexibility index (Phi) is 2.98. The van der Waals surface area contributed by atoms with Crippen LogP contribution in [0.1, 0.15) is 11.1 Å². The average Bonchev–Trinajstić information content (AvgIpc) is 2.27. The zero-order chi connectivity index (χ0) is 13.3. The molecular formula is C13H11F3N2. The quantitative estimate of drug-likeness (QED) is 0.786. The first kappa shape index (κ1) is 12.4. The molecule has 0 unspecified atom stereocenters. The van der Waals surface area contributed by atoms with Crippen molar-refractivity contribution in [2.24, 2.45) is 0 Å². The van der Waals surface area contributed by atoms with Crippen LogP contribution >= 0.6 is 0 Å². The number of alkyl halides is 3. The number of anilines is 1. The fourth-order valence-electron chi connectivity index (χ4n) is 1.75. The first-order chi connectivity index (χ1) is 8.38. The minimum absolute atomic E-state index is 0.0895. The summed E-state index contributed by atoms with van der Waals surface area (Å²) in [6, 6.07) is 5.42. The molecule has 0 atom stereocenters. The number of nitrogens with zero attached hydrogens (tertiary/aromatic N) is 1. The standard InChI is InChI=1S/C13H11F3N2/c1-8-4-9(7-18-6-8)11-3-2-10(17)5-12(11)13(14,15)16/h2-7H,17H2,1H3. The molecule has 1 aromatic carbocycles. The number of aromatic nitrogens is 1. The molecule has 0 bridgehead atoms. The van der Waals surface area contributed by atoms with Crippen LogP contribution in [0.4, 0.5) is 18.9 Å². The number of nitrogens with two attached hydrogens (primary N) is 1. The summed E-state index contributed by atoms with van der Waals surface area (Å²) in [4.78, 5) is 3.91. The summed E-state index contributed by atoms with van der Waals surface area (Å²) >= 11 is 0. The second kappa shape index (κ2) is 4.33. The van der Waals surface area contributed by atoms with E-state index < -0.39 is 11.7 Å². The molecule has 2 aromatic rings. The summed E-state index contributed by atoms with van der Waals surface area (Å²) in [7, 11) is 0. The van der Waals surface area contributed by atoms with E-state index in [0.717, 1.165) is 11.6 Å². The van der Waals surface area contributed by atoms with E-state index in [4.69, 9.17) is 5.73 Å². The van der Waals surface area contributed by atoms with E-state index in [1.165, 1.54) is 18.3 Å². The molecule has 18 heavy (non-hydrogen) atoms. The lowest BCUT2D eigenvalue weighted by molar-refractivity contribution is -0.137. The summed E-state index contributed by atoms with van der Waals surface area (Å²) in [5, 5.41) is 0. The lowest BCUT2D eigenvalue weighted by Gasteiger charge is -2.13. The number of pyridine rings is 1. The zero-order valence-corrected chi connectivity index (χ0v) is 9.62. The van der Waals surface area contributed by atoms with Crippen molar-refractivity contribution in [2.45, 2.75) is 13.1 Å². The van der Waals surface area contributed by atoms with Crippen LogP contribution in [-0.4, -0.2) is 4.98 Å². The Morgan fingerprint density at radius 2 is 1.83 bits per heavy atom. The van der Waals surface area contributed by atoms with E-state index in [-0.39, 0.29) is 11.3 Å². The molecule has 0 aliphatic heterocycles. The van der Waals surface area contributed by atoms with Gasteiger partial charge in [-0.05, 0) is 36.2 Å². The van der Waals surface area contributed by atoms with E-state index in [9.17, 15) is 13.2 Å². The van der Waals surface area contributed by atoms with Crippen molar-refractivity contribution in [3.05, 3.63) is 47.8 Å². The molecule has 0 aliphatic rings. The highest BCUT2D eigenvalue weighted by molar-refractivity contribution is 5.70. The Balaban J connectivity index is 2.64. The van der Waals surface area contributed by atoms with Gasteiger partial charge in [-0.3, -0.25) is 4.98 Å². The Morgan fingerprint density at radius 1 is 1.11 bits per heavy atom. The van der Waals surface area contributed by atoms with Crippen molar-refractivity contribution >= 4 is 5.69 Å². The normalized spacial score (nSPS) is 11.6. The topological polar surface area (TPSA) is 38.9 Å². The highest BCUT2D eigenvalue weighted by atomic mass is 19.4. The van der Waals surface area contributed by atoms with Gasteiger partial charge >= 0.3 is 6.18 Å². The van der Waals surface area contributed by atoms with Gasteiger partial charge in [0, 0.05) is 23.6 Å². The van der Waals surface area contributed by atoms with Gasteiger partial charge < -0.3 is 5.73 Å². The molecule has 0 amide bonds. The smallest absolute Gasteiger partial charge is 0.399 e. The second-order valence-corrected chi connectivity index (χ2v) is 4.05. The van der Waals surface area contributed by atoms with Crippen LogP contribution in [0.2, 0.25) is 0 Å².